The van der Waals surface area contributed by atoms with Crippen LogP contribution in [0.4, 0.5) is 0 Å². The van der Waals surface area contributed by atoms with E-state index in [9.17, 15) is 14.4 Å². The average molecular weight is 362 g/mol. The molecular weight excluding hydrogens is 345 g/mol. The standard InChI is InChI=1S/C15H17Cl2NO5/c1-2-22-14(20)4-3-7-18-13(19)9-23-15(21)11-8-10(16)5-6-12(11)17/h5-6,8H,2-4,7,9H2,1H3,(H,18,19). The largest absolute Gasteiger partial charge is 0.466 e. The Labute approximate surface area is 144 Å². The number of ether oxygens (including phenoxy) is 2. The fraction of sp³-hybridized carbons (Fsp3) is 0.400. The molecule has 1 amide bonds. The molecule has 0 saturated heterocycles. The van der Waals surface area contributed by atoms with Crippen LogP contribution in [-0.2, 0) is 19.1 Å². The SMILES string of the molecule is CCOC(=O)CCCNC(=O)COC(=O)c1cc(Cl)ccc1Cl. The first-order chi connectivity index (χ1) is 10.9. The van der Waals surface area contributed by atoms with Gasteiger partial charge in [0.25, 0.3) is 5.91 Å². The predicted molar refractivity (Wildman–Crippen MR) is 85.6 cm³/mol. The lowest BCUT2D eigenvalue weighted by molar-refractivity contribution is -0.143. The lowest BCUT2D eigenvalue weighted by Gasteiger charge is -2.07. The molecule has 0 unspecified atom stereocenters. The van der Waals surface area contributed by atoms with Crippen LogP contribution >= 0.6 is 23.2 Å². The molecule has 0 aliphatic carbocycles. The number of rotatable bonds is 8. The van der Waals surface area contributed by atoms with Crippen molar-refractivity contribution in [1.29, 1.82) is 0 Å². The molecule has 1 aromatic rings. The lowest BCUT2D eigenvalue weighted by atomic mass is 10.2. The Bertz CT molecular complexity index is 577. The fourth-order valence-corrected chi connectivity index (χ4v) is 1.97. The van der Waals surface area contributed by atoms with Crippen LogP contribution in [0.3, 0.4) is 0 Å². The minimum atomic E-state index is -0.737. The van der Waals surface area contributed by atoms with Crippen LogP contribution in [0.1, 0.15) is 30.1 Å². The quantitative estimate of drug-likeness (QED) is 0.568. The summed E-state index contributed by atoms with van der Waals surface area (Å²) in [5, 5.41) is 3.06. The summed E-state index contributed by atoms with van der Waals surface area (Å²) in [7, 11) is 0. The number of benzene rings is 1. The highest BCUT2D eigenvalue weighted by Gasteiger charge is 2.14. The first-order valence-corrected chi connectivity index (χ1v) is 7.74. The van der Waals surface area contributed by atoms with Crippen molar-refractivity contribution in [1.82, 2.24) is 5.32 Å². The van der Waals surface area contributed by atoms with Gasteiger partial charge in [0, 0.05) is 18.0 Å². The van der Waals surface area contributed by atoms with Gasteiger partial charge >= 0.3 is 11.9 Å². The topological polar surface area (TPSA) is 81.7 Å². The van der Waals surface area contributed by atoms with Gasteiger partial charge in [0.1, 0.15) is 0 Å². The minimum Gasteiger partial charge on any atom is -0.466 e. The van der Waals surface area contributed by atoms with Crippen molar-refractivity contribution in [3.8, 4) is 0 Å². The van der Waals surface area contributed by atoms with E-state index in [0.29, 0.717) is 18.1 Å². The zero-order chi connectivity index (χ0) is 17.2. The van der Waals surface area contributed by atoms with E-state index in [1.807, 2.05) is 0 Å². The van der Waals surface area contributed by atoms with Crippen molar-refractivity contribution in [2.75, 3.05) is 19.8 Å². The molecular formula is C15H17Cl2NO5. The number of carbonyl (C=O) groups excluding carboxylic acids is 3. The normalized spacial score (nSPS) is 10.0. The lowest BCUT2D eigenvalue weighted by Crippen LogP contribution is -2.30. The molecule has 8 heteroatoms. The summed E-state index contributed by atoms with van der Waals surface area (Å²) >= 11 is 11.6. The van der Waals surface area contributed by atoms with E-state index < -0.39 is 18.5 Å². The van der Waals surface area contributed by atoms with E-state index in [1.165, 1.54) is 18.2 Å². The summed E-state index contributed by atoms with van der Waals surface area (Å²) in [6.45, 7) is 1.89. The second-order valence-electron chi connectivity index (χ2n) is 4.46. The third-order valence-electron chi connectivity index (χ3n) is 2.67. The first kappa shape index (κ1) is 19.3. The molecule has 0 atom stereocenters. The Balaban J connectivity index is 2.29. The van der Waals surface area contributed by atoms with Crippen molar-refractivity contribution in [2.24, 2.45) is 0 Å². The van der Waals surface area contributed by atoms with E-state index in [-0.39, 0.29) is 29.5 Å². The number of carbonyl (C=O) groups is 3. The molecule has 126 valence electrons. The van der Waals surface area contributed by atoms with Crippen LogP contribution in [0.25, 0.3) is 0 Å². The van der Waals surface area contributed by atoms with Crippen LogP contribution < -0.4 is 5.32 Å². The van der Waals surface area contributed by atoms with Gasteiger partial charge in [-0.3, -0.25) is 9.59 Å². The van der Waals surface area contributed by atoms with E-state index in [2.05, 4.69) is 5.32 Å². The van der Waals surface area contributed by atoms with Crippen LogP contribution in [0.15, 0.2) is 18.2 Å². The molecule has 0 aliphatic heterocycles. The van der Waals surface area contributed by atoms with E-state index in [1.54, 1.807) is 6.92 Å². The smallest absolute Gasteiger partial charge is 0.340 e. The van der Waals surface area contributed by atoms with Gasteiger partial charge < -0.3 is 14.8 Å². The van der Waals surface area contributed by atoms with Crippen LogP contribution in [-0.4, -0.2) is 37.6 Å². The van der Waals surface area contributed by atoms with E-state index >= 15 is 0 Å². The number of halogens is 2. The van der Waals surface area contributed by atoms with Crippen LogP contribution in [0.2, 0.25) is 10.0 Å². The summed E-state index contributed by atoms with van der Waals surface area (Å²) < 4.78 is 9.61. The first-order valence-electron chi connectivity index (χ1n) is 6.98. The van der Waals surface area contributed by atoms with Gasteiger partial charge in [-0.1, -0.05) is 23.2 Å². The molecule has 1 aromatic carbocycles. The van der Waals surface area contributed by atoms with Crippen LogP contribution in [0, 0.1) is 0 Å². The monoisotopic (exact) mass is 361 g/mol. The third-order valence-corrected chi connectivity index (χ3v) is 3.23. The summed E-state index contributed by atoms with van der Waals surface area (Å²) in [5.41, 5.74) is 0.0919. The van der Waals surface area contributed by atoms with Gasteiger partial charge in [0.05, 0.1) is 17.2 Å². The van der Waals surface area contributed by atoms with E-state index in [0.717, 1.165) is 0 Å². The zero-order valence-electron chi connectivity index (χ0n) is 12.6. The Morgan fingerprint density at radius 1 is 1.17 bits per heavy atom. The van der Waals surface area contributed by atoms with Gasteiger partial charge in [0.15, 0.2) is 6.61 Å². The Morgan fingerprint density at radius 2 is 1.91 bits per heavy atom. The van der Waals surface area contributed by atoms with Crippen molar-refractivity contribution >= 4 is 41.0 Å². The molecule has 0 radical (unpaired) electrons. The van der Waals surface area contributed by atoms with Crippen molar-refractivity contribution in [3.05, 3.63) is 33.8 Å². The molecule has 0 spiro atoms. The van der Waals surface area contributed by atoms with Gasteiger partial charge in [-0.25, -0.2) is 4.79 Å². The molecule has 0 fully saturated rings. The maximum Gasteiger partial charge on any atom is 0.340 e. The fourth-order valence-electron chi connectivity index (χ4n) is 1.61. The highest BCUT2D eigenvalue weighted by molar-refractivity contribution is 6.35. The predicted octanol–water partition coefficient (Wildman–Crippen LogP) is 2.61. The highest BCUT2D eigenvalue weighted by atomic mass is 35.5. The van der Waals surface area contributed by atoms with Gasteiger partial charge in [-0.15, -0.1) is 0 Å². The number of hydrogen-bond donors (Lipinski definition) is 1. The maximum absolute atomic E-state index is 11.8. The molecule has 1 rings (SSSR count). The molecule has 23 heavy (non-hydrogen) atoms. The molecule has 0 bridgehead atoms. The molecule has 1 N–H and O–H groups in total. The van der Waals surface area contributed by atoms with Crippen molar-refractivity contribution < 1.29 is 23.9 Å². The number of amides is 1. The summed E-state index contributed by atoms with van der Waals surface area (Å²) in [6.07, 6.45) is 0.657. The number of esters is 2. The van der Waals surface area contributed by atoms with E-state index in [4.69, 9.17) is 32.7 Å². The Kier molecular flexibility index (Phi) is 8.43. The minimum absolute atomic E-state index is 0.0919. The highest BCUT2D eigenvalue weighted by Crippen LogP contribution is 2.21. The Morgan fingerprint density at radius 3 is 2.61 bits per heavy atom. The summed E-state index contributed by atoms with van der Waals surface area (Å²) in [4.78, 5) is 34.4. The molecule has 0 aromatic heterocycles. The van der Waals surface area contributed by atoms with Gasteiger partial charge in [0.2, 0.25) is 0 Å². The second-order valence-corrected chi connectivity index (χ2v) is 5.30. The zero-order valence-corrected chi connectivity index (χ0v) is 14.1. The maximum atomic E-state index is 11.8. The summed E-state index contributed by atoms with van der Waals surface area (Å²) in [5.74, 6) is -1.52. The second kappa shape index (κ2) is 10.1. The molecule has 0 aliphatic rings. The van der Waals surface area contributed by atoms with Crippen molar-refractivity contribution in [3.63, 3.8) is 0 Å². The molecule has 6 nitrogen and oxygen atoms in total. The van der Waals surface area contributed by atoms with Gasteiger partial charge in [-0.05, 0) is 31.5 Å². The number of nitrogens with one attached hydrogen (secondary N) is 1. The Hall–Kier alpha value is -1.79. The van der Waals surface area contributed by atoms with Gasteiger partial charge in [-0.2, -0.15) is 0 Å². The summed E-state index contributed by atoms with van der Waals surface area (Å²) in [6, 6.07) is 4.37. The number of hydrogen-bond acceptors (Lipinski definition) is 5. The average Bonchev–Trinajstić information content (AvgIpc) is 2.52. The molecule has 0 heterocycles. The van der Waals surface area contributed by atoms with Crippen molar-refractivity contribution in [2.45, 2.75) is 19.8 Å². The third kappa shape index (κ3) is 7.34. The van der Waals surface area contributed by atoms with Crippen LogP contribution in [0.5, 0.6) is 0 Å². The molecule has 0 saturated carbocycles.